The normalized spacial score (nSPS) is 25.2. The summed E-state index contributed by atoms with van der Waals surface area (Å²) in [7, 11) is 0. The van der Waals surface area contributed by atoms with Crippen LogP contribution in [0.3, 0.4) is 0 Å². The van der Waals surface area contributed by atoms with Crippen molar-refractivity contribution in [3.63, 3.8) is 0 Å². The number of amides is 1. The van der Waals surface area contributed by atoms with Crippen LogP contribution in [0, 0.1) is 5.41 Å². The van der Waals surface area contributed by atoms with E-state index in [2.05, 4.69) is 12.2 Å². The quantitative estimate of drug-likeness (QED) is 0.762. The lowest BCUT2D eigenvalue weighted by Crippen LogP contribution is -2.56. The first-order valence-corrected chi connectivity index (χ1v) is 7.41. The van der Waals surface area contributed by atoms with Gasteiger partial charge in [-0.3, -0.25) is 14.5 Å². The highest BCUT2D eigenvalue weighted by Crippen LogP contribution is 2.30. The molecule has 2 aliphatic rings. The molecule has 2 aliphatic heterocycles. The molecule has 0 spiro atoms. The molecule has 2 N–H and O–H groups in total. The van der Waals surface area contributed by atoms with Gasteiger partial charge in [0, 0.05) is 31.6 Å². The molecule has 2 heterocycles. The molecule has 1 amide bonds. The number of piperidine rings is 1. The average Bonchev–Trinajstić information content (AvgIpc) is 2.46. The molecule has 0 bridgehead atoms. The fourth-order valence-corrected chi connectivity index (χ4v) is 3.04. The van der Waals surface area contributed by atoms with Crippen molar-refractivity contribution in [1.82, 2.24) is 15.1 Å². The number of carboxylic acids is 1. The number of carbonyl (C=O) groups is 2. The minimum Gasteiger partial charge on any atom is -0.480 e. The van der Waals surface area contributed by atoms with Crippen LogP contribution < -0.4 is 5.32 Å². The predicted octanol–water partition coefficient (Wildman–Crippen LogP) is -0.00660. The molecular formula is C14H25N3O3. The van der Waals surface area contributed by atoms with Gasteiger partial charge < -0.3 is 15.3 Å². The first-order valence-electron chi connectivity index (χ1n) is 7.41. The summed E-state index contributed by atoms with van der Waals surface area (Å²) in [5, 5.41) is 12.3. The molecule has 2 saturated heterocycles. The Labute approximate surface area is 120 Å². The summed E-state index contributed by atoms with van der Waals surface area (Å²) in [6, 6.07) is -0.471. The van der Waals surface area contributed by atoms with Gasteiger partial charge in [-0.05, 0) is 32.9 Å². The Morgan fingerprint density at radius 3 is 2.20 bits per heavy atom. The van der Waals surface area contributed by atoms with E-state index in [1.54, 1.807) is 6.92 Å². The standard InChI is InChI=1S/C14H25N3O3/c1-11(12(18)19)16-7-9-17(10-8-16)13(20)14(2)3-5-15-6-4-14/h11,15H,3-10H2,1-2H3,(H,18,19). The summed E-state index contributed by atoms with van der Waals surface area (Å²) in [6.07, 6.45) is 1.77. The van der Waals surface area contributed by atoms with Gasteiger partial charge in [-0.25, -0.2) is 0 Å². The number of nitrogens with one attached hydrogen (secondary N) is 1. The molecule has 0 aromatic carbocycles. The molecule has 2 rings (SSSR count). The largest absolute Gasteiger partial charge is 0.480 e. The van der Waals surface area contributed by atoms with Gasteiger partial charge in [0.05, 0.1) is 0 Å². The average molecular weight is 283 g/mol. The van der Waals surface area contributed by atoms with Crippen molar-refractivity contribution < 1.29 is 14.7 Å². The summed E-state index contributed by atoms with van der Waals surface area (Å²) < 4.78 is 0. The van der Waals surface area contributed by atoms with Crippen molar-refractivity contribution in [1.29, 1.82) is 0 Å². The van der Waals surface area contributed by atoms with E-state index in [0.717, 1.165) is 25.9 Å². The molecule has 0 aliphatic carbocycles. The molecule has 1 unspecified atom stereocenters. The monoisotopic (exact) mass is 283 g/mol. The third-order valence-electron chi connectivity index (χ3n) is 4.73. The predicted molar refractivity (Wildman–Crippen MR) is 75.5 cm³/mol. The molecular weight excluding hydrogens is 258 g/mol. The maximum atomic E-state index is 12.6. The van der Waals surface area contributed by atoms with E-state index in [1.807, 2.05) is 9.80 Å². The summed E-state index contributed by atoms with van der Waals surface area (Å²) in [6.45, 7) is 8.13. The molecule has 2 fully saturated rings. The number of hydrogen-bond donors (Lipinski definition) is 2. The van der Waals surface area contributed by atoms with Crippen LogP contribution in [0.2, 0.25) is 0 Å². The van der Waals surface area contributed by atoms with E-state index in [9.17, 15) is 9.59 Å². The molecule has 6 heteroatoms. The van der Waals surface area contributed by atoms with Crippen LogP contribution in [0.5, 0.6) is 0 Å². The second kappa shape index (κ2) is 6.10. The number of carboxylic acid groups (broad SMARTS) is 1. The van der Waals surface area contributed by atoms with Gasteiger partial charge in [0.15, 0.2) is 0 Å². The van der Waals surface area contributed by atoms with Gasteiger partial charge in [-0.2, -0.15) is 0 Å². The zero-order valence-electron chi connectivity index (χ0n) is 12.4. The summed E-state index contributed by atoms with van der Waals surface area (Å²) in [5.74, 6) is -0.559. The van der Waals surface area contributed by atoms with E-state index in [-0.39, 0.29) is 11.3 Å². The topological polar surface area (TPSA) is 72.9 Å². The second-order valence-corrected chi connectivity index (χ2v) is 6.15. The minimum absolute atomic E-state index is 0.238. The zero-order valence-corrected chi connectivity index (χ0v) is 12.4. The van der Waals surface area contributed by atoms with Gasteiger partial charge in [0.2, 0.25) is 5.91 Å². The number of hydrogen-bond acceptors (Lipinski definition) is 4. The van der Waals surface area contributed by atoms with Crippen LogP contribution in [-0.4, -0.2) is 72.1 Å². The minimum atomic E-state index is -0.796. The van der Waals surface area contributed by atoms with Crippen LogP contribution in [0.15, 0.2) is 0 Å². The molecule has 0 radical (unpaired) electrons. The van der Waals surface area contributed by atoms with Crippen molar-refractivity contribution >= 4 is 11.9 Å². The van der Waals surface area contributed by atoms with E-state index in [1.165, 1.54) is 0 Å². The molecule has 114 valence electrons. The van der Waals surface area contributed by atoms with Crippen LogP contribution in [0.25, 0.3) is 0 Å². The Kier molecular flexibility index (Phi) is 4.65. The van der Waals surface area contributed by atoms with Crippen LogP contribution in [0.1, 0.15) is 26.7 Å². The van der Waals surface area contributed by atoms with Crippen LogP contribution in [0.4, 0.5) is 0 Å². The van der Waals surface area contributed by atoms with Gasteiger partial charge >= 0.3 is 5.97 Å². The number of piperazine rings is 1. The van der Waals surface area contributed by atoms with Crippen LogP contribution in [-0.2, 0) is 9.59 Å². The molecule has 6 nitrogen and oxygen atoms in total. The number of rotatable bonds is 3. The highest BCUT2D eigenvalue weighted by Gasteiger charge is 2.39. The molecule has 0 aromatic rings. The Morgan fingerprint density at radius 1 is 1.15 bits per heavy atom. The Hall–Kier alpha value is -1.14. The van der Waals surface area contributed by atoms with E-state index < -0.39 is 12.0 Å². The van der Waals surface area contributed by atoms with Crippen molar-refractivity contribution in [3.05, 3.63) is 0 Å². The molecule has 0 aromatic heterocycles. The highest BCUT2D eigenvalue weighted by atomic mass is 16.4. The van der Waals surface area contributed by atoms with E-state index >= 15 is 0 Å². The maximum Gasteiger partial charge on any atom is 0.320 e. The third kappa shape index (κ3) is 3.12. The Balaban J connectivity index is 1.90. The molecule has 1 atom stereocenters. The zero-order chi connectivity index (χ0) is 14.8. The fourth-order valence-electron chi connectivity index (χ4n) is 3.04. The number of aliphatic carboxylic acids is 1. The fraction of sp³-hybridized carbons (Fsp3) is 0.857. The Bertz CT molecular complexity index is 372. The number of nitrogens with zero attached hydrogens (tertiary/aromatic N) is 2. The van der Waals surface area contributed by atoms with Crippen molar-refractivity contribution in [2.75, 3.05) is 39.3 Å². The first-order chi connectivity index (χ1) is 9.44. The SMILES string of the molecule is CC(C(=O)O)N1CCN(C(=O)C2(C)CCNCC2)CC1. The van der Waals surface area contributed by atoms with Gasteiger partial charge in [0.25, 0.3) is 0 Å². The van der Waals surface area contributed by atoms with E-state index in [0.29, 0.717) is 26.2 Å². The lowest BCUT2D eigenvalue weighted by atomic mass is 9.79. The van der Waals surface area contributed by atoms with E-state index in [4.69, 9.17) is 5.11 Å². The first kappa shape index (κ1) is 15.3. The lowest BCUT2D eigenvalue weighted by Gasteiger charge is -2.42. The number of carbonyl (C=O) groups excluding carboxylic acids is 1. The lowest BCUT2D eigenvalue weighted by molar-refractivity contribution is -0.147. The summed E-state index contributed by atoms with van der Waals surface area (Å²) >= 11 is 0. The van der Waals surface area contributed by atoms with Crippen molar-refractivity contribution in [3.8, 4) is 0 Å². The van der Waals surface area contributed by atoms with Gasteiger partial charge in [-0.1, -0.05) is 6.92 Å². The van der Waals surface area contributed by atoms with Crippen molar-refractivity contribution in [2.45, 2.75) is 32.7 Å². The third-order valence-corrected chi connectivity index (χ3v) is 4.73. The van der Waals surface area contributed by atoms with Crippen LogP contribution >= 0.6 is 0 Å². The summed E-state index contributed by atoms with van der Waals surface area (Å²) in [5.41, 5.74) is -0.244. The smallest absolute Gasteiger partial charge is 0.320 e. The van der Waals surface area contributed by atoms with Crippen molar-refractivity contribution in [2.24, 2.45) is 5.41 Å². The summed E-state index contributed by atoms with van der Waals surface area (Å²) in [4.78, 5) is 27.5. The second-order valence-electron chi connectivity index (χ2n) is 6.15. The van der Waals surface area contributed by atoms with Gasteiger partial charge in [0.1, 0.15) is 6.04 Å². The molecule has 20 heavy (non-hydrogen) atoms. The molecule has 0 saturated carbocycles. The Morgan fingerprint density at radius 2 is 1.70 bits per heavy atom. The maximum absolute atomic E-state index is 12.6. The highest BCUT2D eigenvalue weighted by molar-refractivity contribution is 5.82. The van der Waals surface area contributed by atoms with Gasteiger partial charge in [-0.15, -0.1) is 0 Å².